The average Bonchev–Trinajstić information content (AvgIpc) is 2.80. The lowest BCUT2D eigenvalue weighted by Crippen LogP contribution is -1.95. The molecule has 0 saturated heterocycles. The highest BCUT2D eigenvalue weighted by molar-refractivity contribution is 5.46. The minimum atomic E-state index is 0.696. The van der Waals surface area contributed by atoms with Crippen LogP contribution in [0.1, 0.15) is 24.3 Å². The lowest BCUT2D eigenvalue weighted by Gasteiger charge is -2.12. The number of hydrogen-bond acceptors (Lipinski definition) is 0. The molecule has 1 unspecified atom stereocenters. The van der Waals surface area contributed by atoms with Gasteiger partial charge in [0.2, 0.25) is 0 Å². The zero-order valence-electron chi connectivity index (χ0n) is 7.53. The third-order valence-electron chi connectivity index (χ3n) is 3.08. The molecule has 0 heteroatoms. The molecule has 1 aromatic carbocycles. The quantitative estimate of drug-likeness (QED) is 0.602. The Morgan fingerprint density at radius 2 is 1.85 bits per heavy atom. The molecule has 1 fully saturated rings. The van der Waals surface area contributed by atoms with Gasteiger partial charge in [-0.2, -0.15) is 0 Å². The zero-order chi connectivity index (χ0) is 8.67. The van der Waals surface area contributed by atoms with E-state index in [9.17, 15) is 0 Å². The van der Waals surface area contributed by atoms with E-state index in [0.29, 0.717) is 5.92 Å². The Morgan fingerprint density at radius 1 is 1.00 bits per heavy atom. The molecule has 1 aromatic rings. The fraction of sp³-hybridized carbons (Fsp3) is 0.231. The molecule has 0 nitrogen and oxygen atoms in total. The first kappa shape index (κ1) is 7.14. The molecule has 0 radical (unpaired) electrons. The van der Waals surface area contributed by atoms with Gasteiger partial charge in [-0.3, -0.25) is 0 Å². The predicted molar refractivity (Wildman–Crippen MR) is 54.6 cm³/mol. The van der Waals surface area contributed by atoms with Crippen molar-refractivity contribution >= 4 is 0 Å². The van der Waals surface area contributed by atoms with Gasteiger partial charge in [0.15, 0.2) is 0 Å². The van der Waals surface area contributed by atoms with E-state index in [0.717, 1.165) is 0 Å². The van der Waals surface area contributed by atoms with E-state index < -0.39 is 0 Å². The Morgan fingerprint density at radius 3 is 2.46 bits per heavy atom. The van der Waals surface area contributed by atoms with Crippen LogP contribution in [0.15, 0.2) is 53.6 Å². The van der Waals surface area contributed by atoms with Gasteiger partial charge in [0.25, 0.3) is 0 Å². The summed E-state index contributed by atoms with van der Waals surface area (Å²) in [7, 11) is 0. The molecular weight excluding hydrogens is 156 g/mol. The zero-order valence-corrected chi connectivity index (χ0v) is 7.53. The second-order valence-electron chi connectivity index (χ2n) is 3.91. The maximum Gasteiger partial charge on any atom is 0.00918 e. The first-order valence-electron chi connectivity index (χ1n) is 4.87. The van der Waals surface area contributed by atoms with Gasteiger partial charge in [-0.05, 0) is 18.4 Å². The molecule has 2 bridgehead atoms. The van der Waals surface area contributed by atoms with Gasteiger partial charge >= 0.3 is 0 Å². The summed E-state index contributed by atoms with van der Waals surface area (Å²) < 4.78 is 0. The van der Waals surface area contributed by atoms with Crippen molar-refractivity contribution < 1.29 is 0 Å². The summed E-state index contributed by atoms with van der Waals surface area (Å²) in [5.41, 5.74) is 4.71. The van der Waals surface area contributed by atoms with E-state index in [2.05, 4.69) is 42.5 Å². The maximum absolute atomic E-state index is 2.30. The van der Waals surface area contributed by atoms with Gasteiger partial charge in [0.1, 0.15) is 0 Å². The molecule has 1 atom stereocenters. The van der Waals surface area contributed by atoms with E-state index in [1.165, 1.54) is 18.4 Å². The van der Waals surface area contributed by atoms with Crippen molar-refractivity contribution in [3.63, 3.8) is 0 Å². The smallest absolute Gasteiger partial charge is 0.00918 e. The first-order valence-corrected chi connectivity index (χ1v) is 4.87. The molecule has 0 aliphatic heterocycles. The highest BCUT2D eigenvalue weighted by Crippen LogP contribution is 2.45. The summed E-state index contributed by atoms with van der Waals surface area (Å²) in [6, 6.07) is 10.8. The third-order valence-corrected chi connectivity index (χ3v) is 3.08. The van der Waals surface area contributed by atoms with E-state index >= 15 is 0 Å². The van der Waals surface area contributed by atoms with Crippen molar-refractivity contribution in [2.75, 3.05) is 0 Å². The van der Waals surface area contributed by atoms with E-state index in [1.807, 2.05) is 0 Å². The lowest BCUT2D eigenvalue weighted by molar-refractivity contribution is 0.851. The normalized spacial score (nSPS) is 24.5. The highest BCUT2D eigenvalue weighted by atomic mass is 14.3. The molecule has 0 N–H and O–H groups in total. The number of hydrogen-bond donors (Lipinski definition) is 0. The monoisotopic (exact) mass is 168 g/mol. The summed E-state index contributed by atoms with van der Waals surface area (Å²) in [5.74, 6) is 0.696. The molecule has 2 aliphatic carbocycles. The maximum atomic E-state index is 2.30. The topological polar surface area (TPSA) is 0 Å². The van der Waals surface area contributed by atoms with Gasteiger partial charge < -0.3 is 0 Å². The van der Waals surface area contributed by atoms with Crippen molar-refractivity contribution in [1.29, 1.82) is 0 Å². The lowest BCUT2D eigenvalue weighted by atomic mass is 9.92. The van der Waals surface area contributed by atoms with E-state index in [1.54, 1.807) is 11.1 Å². The van der Waals surface area contributed by atoms with Gasteiger partial charge in [0, 0.05) is 5.92 Å². The second kappa shape index (κ2) is 2.59. The SMILES string of the molecule is C1=C2CC(=C1)C(c1ccccc1)C2. The molecule has 3 rings (SSSR count). The second-order valence-corrected chi connectivity index (χ2v) is 3.91. The molecule has 0 heterocycles. The molecule has 2 aliphatic rings. The summed E-state index contributed by atoms with van der Waals surface area (Å²) in [6.07, 6.45) is 7.08. The fourth-order valence-corrected chi connectivity index (χ4v) is 2.40. The number of rotatable bonds is 1. The van der Waals surface area contributed by atoms with Crippen LogP contribution in [0.25, 0.3) is 0 Å². The number of allylic oxidation sites excluding steroid dienone is 4. The van der Waals surface area contributed by atoms with Gasteiger partial charge in [-0.1, -0.05) is 53.6 Å². The first-order chi connectivity index (χ1) is 6.43. The summed E-state index contributed by atoms with van der Waals surface area (Å²) in [5, 5.41) is 0. The Balaban J connectivity index is 1.97. The van der Waals surface area contributed by atoms with Crippen LogP contribution in [0.3, 0.4) is 0 Å². The molecule has 0 aromatic heterocycles. The van der Waals surface area contributed by atoms with Crippen LogP contribution in [0.5, 0.6) is 0 Å². The minimum absolute atomic E-state index is 0.696. The molecule has 64 valence electrons. The van der Waals surface area contributed by atoms with Crippen LogP contribution in [0.4, 0.5) is 0 Å². The molecule has 0 amide bonds. The fourth-order valence-electron chi connectivity index (χ4n) is 2.40. The van der Waals surface area contributed by atoms with Crippen LogP contribution < -0.4 is 0 Å². The Bertz CT molecular complexity index is 382. The molecular formula is C13H12. The highest BCUT2D eigenvalue weighted by Gasteiger charge is 2.28. The summed E-state index contributed by atoms with van der Waals surface area (Å²) in [6.45, 7) is 0. The summed E-state index contributed by atoms with van der Waals surface area (Å²) >= 11 is 0. The number of benzene rings is 1. The van der Waals surface area contributed by atoms with Crippen LogP contribution in [-0.2, 0) is 0 Å². The predicted octanol–water partition coefficient (Wildman–Crippen LogP) is 3.43. The minimum Gasteiger partial charge on any atom is -0.0652 e. The molecule has 13 heavy (non-hydrogen) atoms. The van der Waals surface area contributed by atoms with Crippen LogP contribution >= 0.6 is 0 Å². The number of fused-ring (bicyclic) bond motifs is 2. The Kier molecular flexibility index (Phi) is 1.42. The Hall–Kier alpha value is -1.30. The van der Waals surface area contributed by atoms with Crippen molar-refractivity contribution in [2.45, 2.75) is 18.8 Å². The van der Waals surface area contributed by atoms with Crippen LogP contribution in [0, 0.1) is 0 Å². The van der Waals surface area contributed by atoms with Gasteiger partial charge in [-0.25, -0.2) is 0 Å². The molecule has 0 spiro atoms. The summed E-state index contributed by atoms with van der Waals surface area (Å²) in [4.78, 5) is 0. The van der Waals surface area contributed by atoms with Crippen LogP contribution in [0.2, 0.25) is 0 Å². The van der Waals surface area contributed by atoms with Crippen molar-refractivity contribution in [2.24, 2.45) is 0 Å². The van der Waals surface area contributed by atoms with Crippen molar-refractivity contribution in [1.82, 2.24) is 0 Å². The third kappa shape index (κ3) is 1.06. The molecule has 1 saturated carbocycles. The van der Waals surface area contributed by atoms with Crippen molar-refractivity contribution in [3.05, 3.63) is 59.2 Å². The average molecular weight is 168 g/mol. The van der Waals surface area contributed by atoms with Crippen molar-refractivity contribution in [3.8, 4) is 0 Å². The standard InChI is InChI=1S/C13H12/c1-2-4-11(5-3-1)13-9-10-6-7-12(13)8-10/h1-7,13H,8-9H2. The van der Waals surface area contributed by atoms with E-state index in [4.69, 9.17) is 0 Å². The largest absolute Gasteiger partial charge is 0.0652 e. The van der Waals surface area contributed by atoms with Crippen LogP contribution in [-0.4, -0.2) is 0 Å². The van der Waals surface area contributed by atoms with Gasteiger partial charge in [-0.15, -0.1) is 0 Å². The Labute approximate surface area is 78.6 Å². The van der Waals surface area contributed by atoms with Gasteiger partial charge in [0.05, 0.1) is 0 Å². The van der Waals surface area contributed by atoms with E-state index in [-0.39, 0.29) is 0 Å².